The van der Waals surface area contributed by atoms with Crippen molar-refractivity contribution in [1.29, 1.82) is 0 Å². The quantitative estimate of drug-likeness (QED) is 0.786. The zero-order valence-corrected chi connectivity index (χ0v) is 16.2. The summed E-state index contributed by atoms with van der Waals surface area (Å²) in [5.74, 6) is 0.326. The first-order chi connectivity index (χ1) is 12.5. The maximum absolute atomic E-state index is 12.5. The Labute approximate surface area is 161 Å². The van der Waals surface area contributed by atoms with Crippen LogP contribution in [0.4, 0.5) is 5.82 Å². The number of halogens is 1. The molecule has 1 aromatic heterocycles. The second-order valence-electron chi connectivity index (χ2n) is 6.76. The topological polar surface area (TPSA) is 82.6 Å². The third-order valence-corrected chi connectivity index (χ3v) is 5.36. The highest BCUT2D eigenvalue weighted by atomic mass is 79.9. The molecule has 140 valence electrons. The van der Waals surface area contributed by atoms with Gasteiger partial charge in [-0.15, -0.1) is 0 Å². The summed E-state index contributed by atoms with van der Waals surface area (Å²) in [4.78, 5) is 44.2. The van der Waals surface area contributed by atoms with Crippen molar-refractivity contribution in [3.63, 3.8) is 0 Å². The average molecular weight is 423 g/mol. The van der Waals surface area contributed by atoms with E-state index in [1.807, 2.05) is 6.07 Å². The maximum atomic E-state index is 12.5. The summed E-state index contributed by atoms with van der Waals surface area (Å²) in [7, 11) is 0. The molecule has 0 aliphatic carbocycles. The van der Waals surface area contributed by atoms with Gasteiger partial charge >= 0.3 is 0 Å². The number of carbonyl (C=O) groups excluding carboxylic acids is 3. The van der Waals surface area contributed by atoms with Crippen LogP contribution in [0.15, 0.2) is 22.8 Å². The van der Waals surface area contributed by atoms with E-state index < -0.39 is 0 Å². The summed E-state index contributed by atoms with van der Waals surface area (Å²) in [6.07, 6.45) is 4.99. The van der Waals surface area contributed by atoms with Crippen molar-refractivity contribution in [2.24, 2.45) is 5.92 Å². The fraction of sp³-hybridized carbons (Fsp3) is 0.556. The molecule has 3 heterocycles. The van der Waals surface area contributed by atoms with E-state index in [0.717, 1.165) is 30.3 Å². The highest BCUT2D eigenvalue weighted by Gasteiger charge is 2.29. The van der Waals surface area contributed by atoms with Crippen molar-refractivity contribution < 1.29 is 14.4 Å². The Hall–Kier alpha value is -1.96. The number of anilines is 1. The van der Waals surface area contributed by atoms with Crippen LogP contribution in [0.3, 0.4) is 0 Å². The van der Waals surface area contributed by atoms with Crippen molar-refractivity contribution in [2.75, 3.05) is 31.5 Å². The van der Waals surface area contributed by atoms with Gasteiger partial charge in [-0.05, 0) is 47.3 Å². The summed E-state index contributed by atoms with van der Waals surface area (Å²) in [6.45, 7) is 2.33. The predicted octanol–water partition coefficient (Wildman–Crippen LogP) is 2.03. The highest BCUT2D eigenvalue weighted by molar-refractivity contribution is 9.10. The van der Waals surface area contributed by atoms with Crippen LogP contribution in [0, 0.1) is 5.92 Å². The largest absolute Gasteiger partial charge is 0.342 e. The fourth-order valence-electron chi connectivity index (χ4n) is 3.42. The van der Waals surface area contributed by atoms with Gasteiger partial charge in [-0.2, -0.15) is 0 Å². The van der Waals surface area contributed by atoms with Crippen LogP contribution in [-0.2, 0) is 14.4 Å². The smallest absolute Gasteiger partial charge is 0.230 e. The number of nitrogens with one attached hydrogen (secondary N) is 1. The predicted molar refractivity (Wildman–Crippen MR) is 100 cm³/mol. The minimum Gasteiger partial charge on any atom is -0.342 e. The molecule has 0 aromatic carbocycles. The van der Waals surface area contributed by atoms with E-state index in [-0.39, 0.29) is 23.6 Å². The number of hydrogen-bond acceptors (Lipinski definition) is 4. The molecule has 0 spiro atoms. The zero-order valence-electron chi connectivity index (χ0n) is 14.6. The molecular weight excluding hydrogens is 400 g/mol. The SMILES string of the molecule is O=C(Nc1ccc(Br)cn1)C1CCCN(C(=O)CCN2CCCC2=O)C1. The zero-order chi connectivity index (χ0) is 18.5. The van der Waals surface area contributed by atoms with E-state index in [1.165, 1.54) is 0 Å². The Bertz CT molecular complexity index is 680. The van der Waals surface area contributed by atoms with Gasteiger partial charge < -0.3 is 15.1 Å². The molecule has 3 rings (SSSR count). The van der Waals surface area contributed by atoms with Crippen LogP contribution < -0.4 is 5.32 Å². The molecule has 2 aliphatic rings. The first-order valence-corrected chi connectivity index (χ1v) is 9.80. The number of nitrogens with zero attached hydrogens (tertiary/aromatic N) is 3. The molecule has 8 heteroatoms. The van der Waals surface area contributed by atoms with Gasteiger partial charge in [0.15, 0.2) is 0 Å². The van der Waals surface area contributed by atoms with Gasteiger partial charge in [0.05, 0.1) is 5.92 Å². The Morgan fingerprint density at radius 2 is 2.12 bits per heavy atom. The fourth-order valence-corrected chi connectivity index (χ4v) is 3.66. The second-order valence-corrected chi connectivity index (χ2v) is 7.68. The molecular formula is C18H23BrN4O3. The number of likely N-dealkylation sites (tertiary alicyclic amines) is 2. The summed E-state index contributed by atoms with van der Waals surface area (Å²) in [5, 5.41) is 2.82. The lowest BCUT2D eigenvalue weighted by molar-refractivity contribution is -0.135. The number of aromatic nitrogens is 1. The first-order valence-electron chi connectivity index (χ1n) is 9.01. The normalized spacial score (nSPS) is 20.3. The van der Waals surface area contributed by atoms with Crippen LogP contribution in [0.25, 0.3) is 0 Å². The number of pyridine rings is 1. The van der Waals surface area contributed by atoms with E-state index in [1.54, 1.807) is 22.1 Å². The van der Waals surface area contributed by atoms with Crippen molar-refractivity contribution in [3.8, 4) is 0 Å². The van der Waals surface area contributed by atoms with Gasteiger partial charge in [0, 0.05) is 49.7 Å². The van der Waals surface area contributed by atoms with E-state index in [2.05, 4.69) is 26.2 Å². The Kier molecular flexibility index (Phi) is 6.24. The number of hydrogen-bond donors (Lipinski definition) is 1. The van der Waals surface area contributed by atoms with Crippen molar-refractivity contribution >= 4 is 39.5 Å². The van der Waals surface area contributed by atoms with Gasteiger partial charge in [0.1, 0.15) is 5.82 Å². The lowest BCUT2D eigenvalue weighted by Crippen LogP contribution is -2.44. The molecule has 2 aliphatic heterocycles. The van der Waals surface area contributed by atoms with Gasteiger partial charge in [0.2, 0.25) is 17.7 Å². The van der Waals surface area contributed by atoms with Gasteiger partial charge in [-0.25, -0.2) is 4.98 Å². The van der Waals surface area contributed by atoms with E-state index in [4.69, 9.17) is 0 Å². The van der Waals surface area contributed by atoms with Crippen LogP contribution in [0.1, 0.15) is 32.1 Å². The molecule has 1 atom stereocenters. The first kappa shape index (κ1) is 18.8. The van der Waals surface area contributed by atoms with Gasteiger partial charge in [-0.3, -0.25) is 14.4 Å². The second kappa shape index (κ2) is 8.62. The van der Waals surface area contributed by atoms with E-state index in [9.17, 15) is 14.4 Å². The van der Waals surface area contributed by atoms with Crippen LogP contribution >= 0.6 is 15.9 Å². The van der Waals surface area contributed by atoms with Crippen molar-refractivity contribution in [3.05, 3.63) is 22.8 Å². The molecule has 26 heavy (non-hydrogen) atoms. The van der Waals surface area contributed by atoms with E-state index in [0.29, 0.717) is 38.3 Å². The Balaban J connectivity index is 1.49. The van der Waals surface area contributed by atoms with Gasteiger partial charge in [-0.1, -0.05) is 0 Å². The Morgan fingerprint density at radius 1 is 1.27 bits per heavy atom. The van der Waals surface area contributed by atoms with Crippen molar-refractivity contribution in [2.45, 2.75) is 32.1 Å². The third-order valence-electron chi connectivity index (χ3n) is 4.89. The number of carbonyl (C=O) groups is 3. The van der Waals surface area contributed by atoms with Crippen LogP contribution in [0.2, 0.25) is 0 Å². The van der Waals surface area contributed by atoms with E-state index >= 15 is 0 Å². The van der Waals surface area contributed by atoms with Crippen molar-refractivity contribution in [1.82, 2.24) is 14.8 Å². The highest BCUT2D eigenvalue weighted by Crippen LogP contribution is 2.20. The standard InChI is InChI=1S/C18H23BrN4O3/c19-14-5-6-15(20-11-14)21-18(26)13-3-1-9-23(12-13)17(25)7-10-22-8-2-4-16(22)24/h5-6,11,13H,1-4,7-10,12H2,(H,20,21,26). The summed E-state index contributed by atoms with van der Waals surface area (Å²) < 4.78 is 0.849. The maximum Gasteiger partial charge on any atom is 0.230 e. The molecule has 1 unspecified atom stereocenters. The molecule has 7 nitrogen and oxygen atoms in total. The number of amides is 3. The molecule has 0 saturated carbocycles. The molecule has 0 bridgehead atoms. The summed E-state index contributed by atoms with van der Waals surface area (Å²) in [6, 6.07) is 3.56. The number of piperidine rings is 1. The molecule has 0 radical (unpaired) electrons. The number of rotatable bonds is 5. The molecule has 3 amide bonds. The lowest BCUT2D eigenvalue weighted by atomic mass is 9.97. The monoisotopic (exact) mass is 422 g/mol. The van der Waals surface area contributed by atoms with Crippen LogP contribution in [-0.4, -0.2) is 58.7 Å². The molecule has 1 aromatic rings. The lowest BCUT2D eigenvalue weighted by Gasteiger charge is -2.32. The summed E-state index contributed by atoms with van der Waals surface area (Å²) in [5.41, 5.74) is 0. The Morgan fingerprint density at radius 3 is 2.81 bits per heavy atom. The minimum absolute atomic E-state index is 0.0176. The molecule has 2 fully saturated rings. The molecule has 2 saturated heterocycles. The summed E-state index contributed by atoms with van der Waals surface area (Å²) >= 11 is 3.31. The van der Waals surface area contributed by atoms with Crippen LogP contribution in [0.5, 0.6) is 0 Å². The molecule has 1 N–H and O–H groups in total. The minimum atomic E-state index is -0.230. The average Bonchev–Trinajstić information content (AvgIpc) is 3.06. The third kappa shape index (κ3) is 4.81. The van der Waals surface area contributed by atoms with Gasteiger partial charge in [0.25, 0.3) is 0 Å².